The van der Waals surface area contributed by atoms with E-state index in [0.29, 0.717) is 17.6 Å². The van der Waals surface area contributed by atoms with Gasteiger partial charge in [-0.25, -0.2) is 8.78 Å². The lowest BCUT2D eigenvalue weighted by atomic mass is 10.0. The third-order valence-corrected chi connectivity index (χ3v) is 3.80. The average Bonchev–Trinajstić information content (AvgIpc) is 2.84. The quantitative estimate of drug-likeness (QED) is 0.855. The highest BCUT2D eigenvalue weighted by Gasteiger charge is 2.38. The van der Waals surface area contributed by atoms with E-state index in [1.54, 1.807) is 0 Å². The standard InChI is InChI=1S/C13H15F2NO/c14-12-2-1-10(5-13(12)15)17-11-3-8-6-16-7-9(8)4-11/h1-2,5,8-9,11,16H,3-4,6-7H2/t8-,9+,11-. The predicted octanol–water partition coefficient (Wildman–Crippen LogP) is 2.34. The van der Waals surface area contributed by atoms with Crippen molar-refractivity contribution in [3.8, 4) is 5.75 Å². The summed E-state index contributed by atoms with van der Waals surface area (Å²) in [5.41, 5.74) is 0. The number of hydrogen-bond donors (Lipinski definition) is 1. The monoisotopic (exact) mass is 239 g/mol. The number of rotatable bonds is 2. The molecule has 17 heavy (non-hydrogen) atoms. The van der Waals surface area contributed by atoms with E-state index in [1.165, 1.54) is 6.07 Å². The zero-order chi connectivity index (χ0) is 11.8. The van der Waals surface area contributed by atoms with Crippen molar-refractivity contribution < 1.29 is 13.5 Å². The fourth-order valence-corrected chi connectivity index (χ4v) is 2.95. The first-order chi connectivity index (χ1) is 8.22. The highest BCUT2D eigenvalue weighted by atomic mass is 19.2. The van der Waals surface area contributed by atoms with Crippen LogP contribution in [0.5, 0.6) is 5.75 Å². The molecule has 92 valence electrons. The van der Waals surface area contributed by atoms with E-state index in [2.05, 4.69) is 5.32 Å². The molecule has 3 rings (SSSR count). The van der Waals surface area contributed by atoms with Gasteiger partial charge in [-0.3, -0.25) is 0 Å². The van der Waals surface area contributed by atoms with Crippen LogP contribution in [0.3, 0.4) is 0 Å². The van der Waals surface area contributed by atoms with E-state index >= 15 is 0 Å². The van der Waals surface area contributed by atoms with Crippen LogP contribution < -0.4 is 10.1 Å². The van der Waals surface area contributed by atoms with E-state index in [-0.39, 0.29) is 6.10 Å². The molecule has 0 unspecified atom stereocenters. The molecule has 1 saturated heterocycles. The summed E-state index contributed by atoms with van der Waals surface area (Å²) in [6.45, 7) is 2.12. The Bertz CT molecular complexity index is 412. The van der Waals surface area contributed by atoms with E-state index in [1.807, 2.05) is 0 Å². The van der Waals surface area contributed by atoms with Gasteiger partial charge in [0.15, 0.2) is 11.6 Å². The van der Waals surface area contributed by atoms with Crippen LogP contribution in [0, 0.1) is 23.5 Å². The Balaban J connectivity index is 1.65. The highest BCUT2D eigenvalue weighted by molar-refractivity contribution is 5.24. The van der Waals surface area contributed by atoms with E-state index in [0.717, 1.165) is 38.1 Å². The number of halogens is 2. The third kappa shape index (κ3) is 2.14. The smallest absolute Gasteiger partial charge is 0.162 e. The summed E-state index contributed by atoms with van der Waals surface area (Å²) in [6.07, 6.45) is 2.17. The lowest BCUT2D eigenvalue weighted by Gasteiger charge is -2.14. The minimum Gasteiger partial charge on any atom is -0.490 e. The van der Waals surface area contributed by atoms with Crippen molar-refractivity contribution in [3.63, 3.8) is 0 Å². The van der Waals surface area contributed by atoms with Crippen LogP contribution in [0.1, 0.15) is 12.8 Å². The van der Waals surface area contributed by atoms with E-state index in [4.69, 9.17) is 4.74 Å². The summed E-state index contributed by atoms with van der Waals surface area (Å²) < 4.78 is 31.5. The molecule has 0 radical (unpaired) electrons. The maximum absolute atomic E-state index is 13.0. The molecule has 1 aromatic carbocycles. The van der Waals surface area contributed by atoms with Crippen LogP contribution in [0.2, 0.25) is 0 Å². The second-order valence-corrected chi connectivity index (χ2v) is 4.97. The summed E-state index contributed by atoms with van der Waals surface area (Å²) in [6, 6.07) is 3.73. The molecule has 2 aliphatic rings. The van der Waals surface area contributed by atoms with Gasteiger partial charge in [0.05, 0.1) is 6.10 Å². The molecule has 2 fully saturated rings. The molecule has 2 nitrogen and oxygen atoms in total. The lowest BCUT2D eigenvalue weighted by Crippen LogP contribution is -2.18. The molecule has 0 amide bonds. The first-order valence-electron chi connectivity index (χ1n) is 6.05. The lowest BCUT2D eigenvalue weighted by molar-refractivity contribution is 0.198. The van der Waals surface area contributed by atoms with Gasteiger partial charge in [0, 0.05) is 6.07 Å². The van der Waals surface area contributed by atoms with Gasteiger partial charge < -0.3 is 10.1 Å². The Morgan fingerprint density at radius 2 is 1.76 bits per heavy atom. The fraction of sp³-hybridized carbons (Fsp3) is 0.538. The maximum atomic E-state index is 13.0. The Morgan fingerprint density at radius 1 is 1.06 bits per heavy atom. The summed E-state index contributed by atoms with van der Waals surface area (Å²) >= 11 is 0. The second kappa shape index (κ2) is 4.26. The molecule has 1 aliphatic carbocycles. The molecule has 1 saturated carbocycles. The summed E-state index contributed by atoms with van der Waals surface area (Å²) in [5.74, 6) is 0.129. The minimum atomic E-state index is -0.845. The fourth-order valence-electron chi connectivity index (χ4n) is 2.95. The van der Waals surface area contributed by atoms with Gasteiger partial charge in [-0.15, -0.1) is 0 Å². The summed E-state index contributed by atoms with van der Waals surface area (Å²) in [5, 5.41) is 3.36. The molecule has 3 atom stereocenters. The summed E-state index contributed by atoms with van der Waals surface area (Å²) in [7, 11) is 0. The van der Waals surface area contributed by atoms with Gasteiger partial charge in [-0.1, -0.05) is 0 Å². The van der Waals surface area contributed by atoms with Crippen molar-refractivity contribution in [3.05, 3.63) is 29.8 Å². The first kappa shape index (κ1) is 11.0. The molecule has 0 spiro atoms. The number of nitrogens with one attached hydrogen (secondary N) is 1. The zero-order valence-corrected chi connectivity index (χ0v) is 9.46. The molecule has 4 heteroatoms. The van der Waals surface area contributed by atoms with Crippen LogP contribution >= 0.6 is 0 Å². The molecule has 1 aromatic rings. The minimum absolute atomic E-state index is 0.150. The maximum Gasteiger partial charge on any atom is 0.162 e. The third-order valence-electron chi connectivity index (χ3n) is 3.80. The molecule has 1 aliphatic heterocycles. The number of ether oxygens (including phenoxy) is 1. The number of hydrogen-bond acceptors (Lipinski definition) is 2. The van der Waals surface area contributed by atoms with Crippen molar-refractivity contribution in [2.75, 3.05) is 13.1 Å². The van der Waals surface area contributed by atoms with Gasteiger partial charge in [0.2, 0.25) is 0 Å². The highest BCUT2D eigenvalue weighted by Crippen LogP contribution is 2.36. The van der Waals surface area contributed by atoms with Crippen molar-refractivity contribution in [2.45, 2.75) is 18.9 Å². The van der Waals surface area contributed by atoms with E-state index in [9.17, 15) is 8.78 Å². The molecular weight excluding hydrogens is 224 g/mol. The SMILES string of the molecule is Fc1ccc(O[C@H]2C[C@H]3CNC[C@H]3C2)cc1F. The van der Waals surface area contributed by atoms with Crippen molar-refractivity contribution in [2.24, 2.45) is 11.8 Å². The van der Waals surface area contributed by atoms with Crippen LogP contribution in [0.4, 0.5) is 8.78 Å². The molecular formula is C13H15F2NO. The van der Waals surface area contributed by atoms with Crippen molar-refractivity contribution in [1.29, 1.82) is 0 Å². The van der Waals surface area contributed by atoms with Crippen molar-refractivity contribution in [1.82, 2.24) is 5.32 Å². The van der Waals surface area contributed by atoms with Crippen LogP contribution in [0.15, 0.2) is 18.2 Å². The Labute approximate surface area is 99.0 Å². The largest absolute Gasteiger partial charge is 0.490 e. The zero-order valence-electron chi connectivity index (χ0n) is 9.46. The molecule has 0 aromatic heterocycles. The van der Waals surface area contributed by atoms with Gasteiger partial charge in [-0.05, 0) is 49.9 Å². The first-order valence-corrected chi connectivity index (χ1v) is 6.05. The van der Waals surface area contributed by atoms with Gasteiger partial charge >= 0.3 is 0 Å². The topological polar surface area (TPSA) is 21.3 Å². The molecule has 0 bridgehead atoms. The Kier molecular flexibility index (Phi) is 2.74. The predicted molar refractivity (Wildman–Crippen MR) is 59.9 cm³/mol. The van der Waals surface area contributed by atoms with Crippen LogP contribution in [-0.4, -0.2) is 19.2 Å². The van der Waals surface area contributed by atoms with E-state index < -0.39 is 11.6 Å². The van der Waals surface area contributed by atoms with Crippen molar-refractivity contribution >= 4 is 0 Å². The normalized spacial score (nSPS) is 31.5. The Morgan fingerprint density at radius 3 is 2.41 bits per heavy atom. The number of benzene rings is 1. The van der Waals surface area contributed by atoms with Crippen LogP contribution in [-0.2, 0) is 0 Å². The van der Waals surface area contributed by atoms with Gasteiger partial charge in [0.1, 0.15) is 5.75 Å². The summed E-state index contributed by atoms with van der Waals surface area (Å²) in [4.78, 5) is 0. The molecule has 1 heterocycles. The van der Waals surface area contributed by atoms with Crippen LogP contribution in [0.25, 0.3) is 0 Å². The number of fused-ring (bicyclic) bond motifs is 1. The Hall–Kier alpha value is -1.16. The van der Waals surface area contributed by atoms with Gasteiger partial charge in [0.25, 0.3) is 0 Å². The second-order valence-electron chi connectivity index (χ2n) is 4.97. The molecule has 1 N–H and O–H groups in total. The van der Waals surface area contributed by atoms with Gasteiger partial charge in [-0.2, -0.15) is 0 Å². The average molecular weight is 239 g/mol.